The maximum absolute atomic E-state index is 10.3. The Morgan fingerprint density at radius 1 is 0.494 bits per heavy atom. The lowest BCUT2D eigenvalue weighted by Gasteiger charge is -2.16. The van der Waals surface area contributed by atoms with Crippen molar-refractivity contribution in [3.05, 3.63) is 245 Å². The topological polar surface area (TPSA) is 164 Å². The lowest BCUT2D eigenvalue weighted by Crippen LogP contribution is -2.27. The molecule has 0 saturated carbocycles. The molecule has 3 N–H and O–H groups in total. The van der Waals surface area contributed by atoms with E-state index in [-0.39, 0.29) is 17.8 Å². The van der Waals surface area contributed by atoms with Gasteiger partial charge in [-0.1, -0.05) is 123 Å². The molecule has 3 heterocycles. The number of halogens is 4. The Kier molecular flexibility index (Phi) is 19.4. The van der Waals surface area contributed by atoms with E-state index in [9.17, 15) is 15.3 Å². The third kappa shape index (κ3) is 14.6. The summed E-state index contributed by atoms with van der Waals surface area (Å²) in [5.41, 5.74) is 8.87. The van der Waals surface area contributed by atoms with Gasteiger partial charge in [0.25, 0.3) is 0 Å². The van der Waals surface area contributed by atoms with Crippen molar-refractivity contribution >= 4 is 67.8 Å². The molecule has 0 aliphatic heterocycles. The van der Waals surface area contributed by atoms with Gasteiger partial charge in [-0.3, -0.25) is 13.6 Å². The average molecular weight is 1190 g/mol. The molecule has 79 heavy (non-hydrogen) atoms. The number of aliphatic hydroxyl groups excluding tert-OH is 3. The third-order valence-corrected chi connectivity index (χ3v) is 15.2. The van der Waals surface area contributed by atoms with Gasteiger partial charge in [0.15, 0.2) is 17.1 Å². The summed E-state index contributed by atoms with van der Waals surface area (Å²) in [6.07, 6.45) is 4.11. The highest BCUT2D eigenvalue weighted by molar-refractivity contribution is 9.10. The Balaban J connectivity index is 0.000000175. The molecule has 0 unspecified atom stereocenters. The summed E-state index contributed by atoms with van der Waals surface area (Å²) in [4.78, 5) is 23.3. The maximum Gasteiger partial charge on any atom is 0.359 e. The minimum atomic E-state index is -0.688. The summed E-state index contributed by atoms with van der Waals surface area (Å²) in [5, 5.41) is 32.2. The van der Waals surface area contributed by atoms with Crippen LogP contribution >= 0.6 is 50.7 Å². The molecule has 6 aromatic carbocycles. The molecule has 9 aromatic rings. The molecule has 0 amide bonds. The second-order valence-electron chi connectivity index (χ2n) is 18.5. The van der Waals surface area contributed by atoms with Crippen LogP contribution < -0.4 is 14.2 Å². The van der Waals surface area contributed by atoms with Crippen LogP contribution in [0.3, 0.4) is 0 Å². The van der Waals surface area contributed by atoms with Gasteiger partial charge in [0.05, 0.1) is 73.6 Å². The highest BCUT2D eigenvalue weighted by Gasteiger charge is 2.33. The Hall–Kier alpha value is -7.56. The normalized spacial score (nSPS) is 13.5. The summed E-state index contributed by atoms with van der Waals surface area (Å²) in [6, 6.07) is 32.9. The summed E-state index contributed by atoms with van der Waals surface area (Å²) in [7, 11) is 0. The second-order valence-corrected chi connectivity index (χ2v) is 20.6. The van der Waals surface area contributed by atoms with Crippen LogP contribution in [0.1, 0.15) is 92.3 Å². The molecule has 0 spiro atoms. The number of aliphatic hydroxyl groups is 3. The Labute approximate surface area is 484 Å². The van der Waals surface area contributed by atoms with Crippen molar-refractivity contribution in [3.8, 4) is 17.1 Å². The van der Waals surface area contributed by atoms with E-state index in [4.69, 9.17) is 70.8 Å². The van der Waals surface area contributed by atoms with E-state index in [1.54, 1.807) is 111 Å². The molecule has 15 nitrogen and oxygen atoms in total. The zero-order valence-corrected chi connectivity index (χ0v) is 47.7. The van der Waals surface area contributed by atoms with Crippen molar-refractivity contribution in [2.24, 2.45) is 0 Å². The molecule has 19 heteroatoms. The summed E-state index contributed by atoms with van der Waals surface area (Å²) < 4.78 is 38.2. The Morgan fingerprint density at radius 3 is 1.04 bits per heavy atom. The van der Waals surface area contributed by atoms with Gasteiger partial charge in [-0.2, -0.15) is 0 Å². The highest BCUT2D eigenvalue weighted by Crippen LogP contribution is 2.36. The molecular formula is C60H56BrCl3N9O6+3. The number of hydrogen-bond acceptors (Lipinski definition) is 9. The van der Waals surface area contributed by atoms with Crippen molar-refractivity contribution in [2.75, 3.05) is 0 Å². The molecule has 402 valence electrons. The minimum Gasteiger partial charge on any atom is -0.392 e. The standard InChI is InChI=1S/C20H18BrClN3O2.2C20H19ClN3O2/c1-12-14(4-9-18(23-3)19(12)22)10-17(13(2)26)20-24-11-25(27-20)16-7-5-15(21)6-8-16;2*1-13-15(9-10-18(22-3)19(13)21)11-17(14(2)25)20-23-12-24(26-20)16-7-5-4-6-8-16/h4-9,11,13,17,26H,10H2,1-2H3;2*4-10,12,14,17,25H,11H2,1-2H3/q3*+1/t13-,17+;2*14-,17+/m000/s1/i;2*4D. The summed E-state index contributed by atoms with van der Waals surface area (Å²) in [6.45, 7) is 32.2. The Morgan fingerprint density at radius 2 is 0.772 bits per heavy atom. The predicted molar refractivity (Wildman–Crippen MR) is 304 cm³/mol. The van der Waals surface area contributed by atoms with Crippen molar-refractivity contribution in [1.29, 1.82) is 0 Å². The van der Waals surface area contributed by atoms with Crippen molar-refractivity contribution in [2.45, 2.75) is 96.9 Å². The first-order chi connectivity index (χ1) is 38.7. The third-order valence-electron chi connectivity index (χ3n) is 13.3. The number of rotatable bonds is 15. The van der Waals surface area contributed by atoms with Gasteiger partial charge in [-0.05, 0) is 172 Å². The van der Waals surface area contributed by atoms with Crippen molar-refractivity contribution in [1.82, 2.24) is 15.0 Å². The average Bonchev–Trinajstić information content (AvgIpc) is 4.41. The van der Waals surface area contributed by atoms with E-state index >= 15 is 0 Å². The van der Waals surface area contributed by atoms with Crippen LogP contribution in [0.2, 0.25) is 15.1 Å². The van der Waals surface area contributed by atoms with E-state index in [1.165, 1.54) is 9.48 Å². The van der Waals surface area contributed by atoms with E-state index < -0.39 is 18.3 Å². The van der Waals surface area contributed by atoms with Gasteiger partial charge in [0.2, 0.25) is 17.1 Å². The van der Waals surface area contributed by atoms with Gasteiger partial charge < -0.3 is 15.3 Å². The van der Waals surface area contributed by atoms with E-state index in [1.807, 2.05) is 63.2 Å². The predicted octanol–water partition coefficient (Wildman–Crippen LogP) is 13.3. The molecular weight excluding hydrogens is 1130 g/mol. The molecule has 0 bridgehead atoms. The molecule has 0 radical (unpaired) electrons. The molecule has 0 aliphatic carbocycles. The van der Waals surface area contributed by atoms with E-state index in [0.717, 1.165) is 54.9 Å². The quantitative estimate of drug-likeness (QED) is 0.0670. The zero-order valence-electron chi connectivity index (χ0n) is 45.8. The number of nitrogens with zero attached hydrogens (tertiary/aromatic N) is 9. The second kappa shape index (κ2) is 27.3. The van der Waals surface area contributed by atoms with E-state index in [2.05, 4.69) is 45.4 Å². The zero-order chi connectivity index (χ0) is 58.7. The van der Waals surface area contributed by atoms with E-state index in [0.29, 0.717) is 81.1 Å². The molecule has 0 fully saturated rings. The van der Waals surface area contributed by atoms with Crippen LogP contribution in [0.15, 0.2) is 158 Å². The van der Waals surface area contributed by atoms with Crippen LogP contribution in [0.5, 0.6) is 0 Å². The number of aromatic nitrogens is 6. The molecule has 0 aliphatic rings. The van der Waals surface area contributed by atoms with Gasteiger partial charge in [0.1, 0.15) is 0 Å². The molecule has 9 rings (SSSR count). The monoisotopic (exact) mass is 1180 g/mol. The SMILES string of the molecule is [2H]c1ccc(-[n+]2cnc([C@H](Cc3ccc([N+]#[C-])c(Cl)c3C)[C@H](C)O)o2)cc1.[2H]c1ccc(-[n+]2cnc([C@H](Cc3ccc([N+]#[C-])c(Cl)c3C)[C@H](C)O)o2)cc1.[C-]#[N+]c1ccc(C[C@@H](c2nc[n+](-c3ccc(Br)cc3)o2)[C@H](C)O)c(C)c1Cl. The smallest absolute Gasteiger partial charge is 0.359 e. The fraction of sp³-hybridized carbons (Fsp3) is 0.250. The van der Waals surface area contributed by atoms with Crippen LogP contribution in [0.4, 0.5) is 17.1 Å². The first-order valence-corrected chi connectivity index (χ1v) is 26.7. The Bertz CT molecular complexity index is 3370. The number of benzene rings is 6. The van der Waals surface area contributed by atoms with Gasteiger partial charge in [-0.25, -0.2) is 14.5 Å². The molecule has 3 aromatic heterocycles. The number of para-hydroxylation sites is 2. The molecule has 0 saturated heterocycles. The minimum absolute atomic E-state index is 0.338. The lowest BCUT2D eigenvalue weighted by atomic mass is 9.92. The maximum atomic E-state index is 10.3. The van der Waals surface area contributed by atoms with Gasteiger partial charge in [-0.15, -0.1) is 0 Å². The molecule has 6 atom stereocenters. The summed E-state index contributed by atoms with van der Waals surface area (Å²) in [5.74, 6) is 0.188. The fourth-order valence-electron chi connectivity index (χ4n) is 8.42. The van der Waals surface area contributed by atoms with Crippen LogP contribution in [0.25, 0.3) is 31.6 Å². The number of hydrogen-bond donors (Lipinski definition) is 3. The van der Waals surface area contributed by atoms with Crippen LogP contribution in [0, 0.1) is 40.5 Å². The van der Waals surface area contributed by atoms with Gasteiger partial charge >= 0.3 is 36.7 Å². The largest absolute Gasteiger partial charge is 0.392 e. The van der Waals surface area contributed by atoms with Crippen LogP contribution in [-0.2, 0) is 19.3 Å². The first kappa shape index (κ1) is 56.2. The van der Waals surface area contributed by atoms with Gasteiger partial charge in [0, 0.05) is 4.47 Å². The van der Waals surface area contributed by atoms with Crippen LogP contribution in [-0.4, -0.2) is 48.6 Å². The first-order valence-electron chi connectivity index (χ1n) is 25.8. The van der Waals surface area contributed by atoms with Crippen molar-refractivity contribution < 1.29 is 45.8 Å². The highest BCUT2D eigenvalue weighted by atomic mass is 79.9. The lowest BCUT2D eigenvalue weighted by molar-refractivity contribution is -0.786. The summed E-state index contributed by atoms with van der Waals surface area (Å²) >= 11 is 22.2. The van der Waals surface area contributed by atoms with Crippen molar-refractivity contribution in [3.63, 3.8) is 0 Å². The fourth-order valence-corrected chi connectivity index (χ4v) is 9.36.